The third-order valence-corrected chi connectivity index (χ3v) is 7.86. The van der Waals surface area contributed by atoms with E-state index in [-0.39, 0.29) is 20.2 Å². The summed E-state index contributed by atoms with van der Waals surface area (Å²) >= 11 is 11.3. The zero-order chi connectivity index (χ0) is 20.8. The molecule has 6 nitrogen and oxygen atoms in total. The van der Waals surface area contributed by atoms with Crippen molar-refractivity contribution in [1.29, 1.82) is 0 Å². The molecule has 1 aromatic heterocycles. The van der Waals surface area contributed by atoms with Crippen molar-refractivity contribution in [3.8, 4) is 0 Å². The Morgan fingerprint density at radius 2 is 1.93 bits per heavy atom. The van der Waals surface area contributed by atoms with E-state index in [4.69, 9.17) is 23.8 Å². The highest BCUT2D eigenvalue weighted by Gasteiger charge is 2.33. The minimum Gasteiger partial charge on any atom is -0.305 e. The van der Waals surface area contributed by atoms with E-state index in [9.17, 15) is 13.2 Å². The number of nitrogens with zero attached hydrogens (tertiary/aromatic N) is 1. The summed E-state index contributed by atoms with van der Waals surface area (Å²) in [6.07, 6.45) is 5.14. The van der Waals surface area contributed by atoms with Gasteiger partial charge in [-0.05, 0) is 49.3 Å². The van der Waals surface area contributed by atoms with Gasteiger partial charge in [0, 0.05) is 33.5 Å². The van der Waals surface area contributed by atoms with Crippen LogP contribution in [0.4, 0.5) is 5.82 Å². The summed E-state index contributed by atoms with van der Waals surface area (Å²) in [5.74, 6) is -0.101. The number of hydrogen-bond acceptors (Lipinski definition) is 5. The quantitative estimate of drug-likeness (QED) is 0.670. The van der Waals surface area contributed by atoms with Gasteiger partial charge in [0.15, 0.2) is 5.82 Å². The molecule has 4 rings (SSSR count). The molecule has 0 saturated heterocycles. The topological polar surface area (TPSA) is 91.9 Å². The van der Waals surface area contributed by atoms with Crippen molar-refractivity contribution < 1.29 is 13.2 Å². The van der Waals surface area contributed by atoms with Crippen LogP contribution >= 0.6 is 23.8 Å². The fraction of sp³-hybridized carbons (Fsp3) is 0.250. The summed E-state index contributed by atoms with van der Waals surface area (Å²) in [6.45, 7) is 1.68. The molecule has 2 N–H and O–H groups in total. The van der Waals surface area contributed by atoms with Crippen LogP contribution < -0.4 is 5.32 Å². The SMILES string of the molecule is CC1C(=S)C(C(=O)Nc2cc(C3CC3)[nH]n2)=CC=C1S(=O)(=O)c1ccc(Cl)cc1. The average molecular weight is 448 g/mol. The van der Waals surface area contributed by atoms with Crippen molar-refractivity contribution in [3.63, 3.8) is 0 Å². The molecule has 2 aliphatic rings. The Labute approximate surface area is 179 Å². The standard InChI is InChI=1S/C20H18ClN3O3S2/c1-11-17(29(26,27)14-6-4-13(21)5-7-14)9-8-15(19(11)28)20(25)22-18-10-16(23-24-18)12-2-3-12/h4-12H,2-3H2,1H3,(H2,22,23,24,25). The largest absolute Gasteiger partial charge is 0.305 e. The number of allylic oxidation sites excluding steroid dienone is 3. The number of H-pyrrole nitrogens is 1. The molecule has 1 fully saturated rings. The van der Waals surface area contributed by atoms with Gasteiger partial charge in [-0.1, -0.05) is 30.7 Å². The molecule has 150 valence electrons. The second-order valence-electron chi connectivity index (χ2n) is 7.13. The first kappa shape index (κ1) is 20.0. The zero-order valence-corrected chi connectivity index (χ0v) is 17.9. The summed E-state index contributed by atoms with van der Waals surface area (Å²) in [7, 11) is -3.75. The van der Waals surface area contributed by atoms with Crippen LogP contribution in [0.15, 0.2) is 57.9 Å². The highest BCUT2D eigenvalue weighted by molar-refractivity contribution is 7.95. The highest BCUT2D eigenvalue weighted by atomic mass is 35.5. The number of rotatable bonds is 5. The molecule has 29 heavy (non-hydrogen) atoms. The van der Waals surface area contributed by atoms with Crippen LogP contribution in [0.2, 0.25) is 5.02 Å². The number of sulfone groups is 1. The Morgan fingerprint density at radius 1 is 1.24 bits per heavy atom. The van der Waals surface area contributed by atoms with Crippen molar-refractivity contribution in [1.82, 2.24) is 10.2 Å². The van der Waals surface area contributed by atoms with Crippen molar-refractivity contribution in [2.24, 2.45) is 5.92 Å². The number of anilines is 1. The van der Waals surface area contributed by atoms with Crippen LogP contribution in [-0.2, 0) is 14.6 Å². The van der Waals surface area contributed by atoms with E-state index in [1.807, 2.05) is 6.07 Å². The molecule has 0 radical (unpaired) electrons. The molecule has 1 saturated carbocycles. The van der Waals surface area contributed by atoms with Gasteiger partial charge in [0.2, 0.25) is 9.84 Å². The number of aromatic amines is 1. The minimum absolute atomic E-state index is 0.133. The van der Waals surface area contributed by atoms with Gasteiger partial charge in [-0.15, -0.1) is 0 Å². The fourth-order valence-electron chi connectivity index (χ4n) is 3.20. The molecular weight excluding hydrogens is 430 g/mol. The summed E-state index contributed by atoms with van der Waals surface area (Å²) in [5, 5.41) is 10.2. The lowest BCUT2D eigenvalue weighted by atomic mass is 9.94. The predicted octanol–water partition coefficient (Wildman–Crippen LogP) is 4.18. The number of carbonyl (C=O) groups excluding carboxylic acids is 1. The Bertz CT molecular complexity index is 1160. The molecular formula is C20H18ClN3O3S2. The molecule has 1 unspecified atom stereocenters. The summed E-state index contributed by atoms with van der Waals surface area (Å²) in [4.78, 5) is 13.2. The maximum Gasteiger partial charge on any atom is 0.258 e. The van der Waals surface area contributed by atoms with Crippen molar-refractivity contribution in [3.05, 3.63) is 63.7 Å². The minimum atomic E-state index is -3.75. The van der Waals surface area contributed by atoms with Gasteiger partial charge in [-0.25, -0.2) is 8.42 Å². The number of carbonyl (C=O) groups is 1. The Kier molecular flexibility index (Phi) is 5.18. The normalized spacial score (nSPS) is 19.5. The predicted molar refractivity (Wildman–Crippen MR) is 116 cm³/mol. The number of thiocarbonyl (C=S) groups is 1. The van der Waals surface area contributed by atoms with E-state index in [2.05, 4.69) is 15.5 Å². The van der Waals surface area contributed by atoms with E-state index >= 15 is 0 Å². The van der Waals surface area contributed by atoms with Gasteiger partial charge in [-0.3, -0.25) is 9.89 Å². The number of halogens is 1. The molecule has 0 aliphatic heterocycles. The Hall–Kier alpha value is -2.29. The number of benzene rings is 1. The van der Waals surface area contributed by atoms with E-state index in [1.165, 1.54) is 36.4 Å². The van der Waals surface area contributed by atoms with Gasteiger partial charge >= 0.3 is 0 Å². The van der Waals surface area contributed by atoms with Crippen LogP contribution in [0, 0.1) is 5.92 Å². The smallest absolute Gasteiger partial charge is 0.258 e. The first-order valence-corrected chi connectivity index (χ1v) is 11.4. The molecule has 2 aliphatic carbocycles. The molecule has 9 heteroatoms. The van der Waals surface area contributed by atoms with E-state index < -0.39 is 21.7 Å². The molecule has 1 atom stereocenters. The Morgan fingerprint density at radius 3 is 2.59 bits per heavy atom. The summed E-state index contributed by atoms with van der Waals surface area (Å²) < 4.78 is 26.0. The molecule has 0 bridgehead atoms. The van der Waals surface area contributed by atoms with Crippen LogP contribution in [0.5, 0.6) is 0 Å². The molecule has 1 heterocycles. The first-order chi connectivity index (χ1) is 13.8. The van der Waals surface area contributed by atoms with E-state index in [0.29, 0.717) is 16.8 Å². The van der Waals surface area contributed by atoms with Gasteiger partial charge in [-0.2, -0.15) is 5.10 Å². The molecule has 1 aromatic carbocycles. The molecule has 1 amide bonds. The van der Waals surface area contributed by atoms with Gasteiger partial charge in [0.25, 0.3) is 5.91 Å². The number of hydrogen-bond donors (Lipinski definition) is 2. The fourth-order valence-corrected chi connectivity index (χ4v) is 5.29. The third kappa shape index (κ3) is 3.92. The van der Waals surface area contributed by atoms with Crippen LogP contribution in [0.1, 0.15) is 31.4 Å². The van der Waals surface area contributed by atoms with Gasteiger partial charge < -0.3 is 5.32 Å². The van der Waals surface area contributed by atoms with Crippen molar-refractivity contribution in [2.75, 3.05) is 5.32 Å². The van der Waals surface area contributed by atoms with Crippen molar-refractivity contribution >= 4 is 50.2 Å². The second kappa shape index (κ2) is 7.51. The van der Waals surface area contributed by atoms with Crippen molar-refractivity contribution in [2.45, 2.75) is 30.6 Å². The van der Waals surface area contributed by atoms with Gasteiger partial charge in [0.05, 0.1) is 15.4 Å². The monoisotopic (exact) mass is 447 g/mol. The number of amides is 1. The Balaban J connectivity index is 1.58. The molecule has 0 spiro atoms. The second-order valence-corrected chi connectivity index (χ2v) is 9.96. The lowest BCUT2D eigenvalue weighted by molar-refractivity contribution is -0.112. The highest BCUT2D eigenvalue weighted by Crippen LogP contribution is 2.39. The maximum absolute atomic E-state index is 13.0. The van der Waals surface area contributed by atoms with Crippen LogP contribution in [0.3, 0.4) is 0 Å². The summed E-state index contributed by atoms with van der Waals surface area (Å²) in [5.41, 5.74) is 1.27. The van der Waals surface area contributed by atoms with Crippen LogP contribution in [0.25, 0.3) is 0 Å². The average Bonchev–Trinajstić information content (AvgIpc) is 3.43. The third-order valence-electron chi connectivity index (χ3n) is 5.04. The van der Waals surface area contributed by atoms with E-state index in [0.717, 1.165) is 18.5 Å². The molecule has 2 aromatic rings. The summed E-state index contributed by atoms with van der Waals surface area (Å²) in [6, 6.07) is 7.77. The lowest BCUT2D eigenvalue weighted by Crippen LogP contribution is -2.28. The lowest BCUT2D eigenvalue weighted by Gasteiger charge is -2.22. The maximum atomic E-state index is 13.0. The van der Waals surface area contributed by atoms with Gasteiger partial charge in [0.1, 0.15) is 0 Å². The van der Waals surface area contributed by atoms with Crippen LogP contribution in [-0.4, -0.2) is 29.4 Å². The number of aromatic nitrogens is 2. The van der Waals surface area contributed by atoms with E-state index in [1.54, 1.807) is 6.92 Å². The zero-order valence-electron chi connectivity index (χ0n) is 15.5. The first-order valence-electron chi connectivity index (χ1n) is 9.11. The number of nitrogens with one attached hydrogen (secondary N) is 2.